The molecule has 0 radical (unpaired) electrons. The van der Waals surface area contributed by atoms with Gasteiger partial charge in [-0.2, -0.15) is 0 Å². The van der Waals surface area contributed by atoms with E-state index in [1.54, 1.807) is 11.6 Å². The Hall–Kier alpha value is -2.53. The second-order valence-corrected chi connectivity index (χ2v) is 6.58. The molecule has 1 aliphatic carbocycles. The summed E-state index contributed by atoms with van der Waals surface area (Å²) in [6.45, 7) is 0. The number of halogens is 1. The number of nitrogens with zero attached hydrogens (tertiary/aromatic N) is 2. The van der Waals surface area contributed by atoms with E-state index < -0.39 is 11.1 Å². The number of rotatable bonds is 2. The molecule has 1 N–H and O–H groups in total. The van der Waals surface area contributed by atoms with Gasteiger partial charge < -0.3 is 9.88 Å². The van der Waals surface area contributed by atoms with Crippen LogP contribution in [-0.4, -0.2) is 16.2 Å². The Morgan fingerprint density at radius 1 is 1.00 bits per heavy atom. The normalized spacial score (nSPS) is 13.2. The Labute approximate surface area is 157 Å². The molecule has 1 aliphatic rings. The van der Waals surface area contributed by atoms with Crippen LogP contribution < -0.4 is 16.4 Å². The maximum absolute atomic E-state index is 12.8. The summed E-state index contributed by atoms with van der Waals surface area (Å²) < 4.78 is 3.08. The lowest BCUT2D eigenvalue weighted by Gasteiger charge is -2.21. The Morgan fingerprint density at radius 2 is 1.77 bits per heavy atom. The molecule has 1 heterocycles. The van der Waals surface area contributed by atoms with Gasteiger partial charge in [0.05, 0.1) is 16.7 Å². The molecule has 0 spiro atoms. The van der Waals surface area contributed by atoms with Crippen LogP contribution in [0.3, 0.4) is 0 Å². The number of fused-ring (bicyclic) bond motifs is 3. The zero-order chi connectivity index (χ0) is 17.6. The number of benzene rings is 2. The lowest BCUT2D eigenvalue weighted by atomic mass is 9.90. The predicted molar refractivity (Wildman–Crippen MR) is 108 cm³/mol. The van der Waals surface area contributed by atoms with E-state index in [9.17, 15) is 9.59 Å². The second-order valence-electron chi connectivity index (χ2n) is 6.58. The molecule has 0 saturated heterocycles. The van der Waals surface area contributed by atoms with Crippen LogP contribution in [0.4, 0.5) is 5.69 Å². The van der Waals surface area contributed by atoms with E-state index in [2.05, 4.69) is 11.4 Å². The lowest BCUT2D eigenvalue weighted by Crippen LogP contribution is -2.40. The van der Waals surface area contributed by atoms with Gasteiger partial charge in [0, 0.05) is 19.8 Å². The van der Waals surface area contributed by atoms with Crippen molar-refractivity contribution >= 4 is 29.1 Å². The van der Waals surface area contributed by atoms with E-state index in [4.69, 9.17) is 0 Å². The third-order valence-electron chi connectivity index (χ3n) is 5.14. The van der Waals surface area contributed by atoms with Crippen molar-refractivity contribution in [3.8, 4) is 5.69 Å². The van der Waals surface area contributed by atoms with E-state index in [0.717, 1.165) is 36.0 Å². The molecule has 0 saturated carbocycles. The van der Waals surface area contributed by atoms with E-state index in [1.807, 2.05) is 37.4 Å². The summed E-state index contributed by atoms with van der Waals surface area (Å²) >= 11 is 0. The van der Waals surface area contributed by atoms with Gasteiger partial charge in [0.2, 0.25) is 0 Å². The van der Waals surface area contributed by atoms with Crippen LogP contribution >= 0.6 is 12.4 Å². The maximum Gasteiger partial charge on any atom is 0.321 e. The minimum absolute atomic E-state index is 0. The molecule has 5 nitrogen and oxygen atoms in total. The van der Waals surface area contributed by atoms with Crippen LogP contribution in [0.1, 0.15) is 24.0 Å². The third-order valence-corrected chi connectivity index (χ3v) is 5.14. The summed E-state index contributed by atoms with van der Waals surface area (Å²) in [7, 11) is 3.54. The number of hydrogen-bond donors (Lipinski definition) is 1. The van der Waals surface area contributed by atoms with Gasteiger partial charge in [0.15, 0.2) is 0 Å². The fourth-order valence-corrected chi connectivity index (χ4v) is 3.86. The molecule has 0 fully saturated rings. The van der Waals surface area contributed by atoms with Crippen molar-refractivity contribution in [1.82, 2.24) is 9.13 Å². The standard InChI is InChI=1S/C20H21N3O2.ClH/c1-21-14-7-5-8-15(12-14)23-17-11-10-13-6-3-4-9-16(13)18(17)22(2)19(24)20(23)25;/h5,7-8,10-12,21H,3-4,6,9H2,1-2H3;1H. The SMILES string of the molecule is CNc1cccc(-n2c(=O)c(=O)n(C)c3c4c(ccc32)CCCC4)c1.Cl. The largest absolute Gasteiger partial charge is 0.388 e. The van der Waals surface area contributed by atoms with Gasteiger partial charge in [0.1, 0.15) is 0 Å². The van der Waals surface area contributed by atoms with Crippen molar-refractivity contribution in [2.75, 3.05) is 12.4 Å². The van der Waals surface area contributed by atoms with Crippen molar-refractivity contribution in [2.24, 2.45) is 7.05 Å². The summed E-state index contributed by atoms with van der Waals surface area (Å²) in [5, 5.41) is 3.08. The highest BCUT2D eigenvalue weighted by atomic mass is 35.5. The van der Waals surface area contributed by atoms with E-state index >= 15 is 0 Å². The summed E-state index contributed by atoms with van der Waals surface area (Å²) in [6, 6.07) is 11.7. The minimum Gasteiger partial charge on any atom is -0.388 e. The first-order valence-electron chi connectivity index (χ1n) is 8.66. The number of anilines is 1. The van der Waals surface area contributed by atoms with Crippen molar-refractivity contribution in [1.29, 1.82) is 0 Å². The highest BCUT2D eigenvalue weighted by molar-refractivity contribution is 5.85. The highest BCUT2D eigenvalue weighted by Crippen LogP contribution is 2.28. The van der Waals surface area contributed by atoms with Crippen LogP contribution in [0.5, 0.6) is 0 Å². The van der Waals surface area contributed by atoms with Gasteiger partial charge in [-0.1, -0.05) is 12.1 Å². The predicted octanol–water partition coefficient (Wildman–Crippen LogP) is 3.03. The van der Waals surface area contributed by atoms with Crippen LogP contribution in [0.25, 0.3) is 16.7 Å². The van der Waals surface area contributed by atoms with Gasteiger partial charge in [-0.25, -0.2) is 0 Å². The van der Waals surface area contributed by atoms with Gasteiger partial charge in [0.25, 0.3) is 0 Å². The van der Waals surface area contributed by atoms with Crippen LogP contribution in [0.15, 0.2) is 46.0 Å². The molecule has 0 amide bonds. The Kier molecular flexibility index (Phi) is 4.92. The fraction of sp³-hybridized carbons (Fsp3) is 0.300. The first-order chi connectivity index (χ1) is 12.1. The molecule has 1 aromatic heterocycles. The van der Waals surface area contributed by atoms with E-state index in [-0.39, 0.29) is 12.4 Å². The molecule has 4 rings (SSSR count). The maximum atomic E-state index is 12.8. The molecule has 6 heteroatoms. The van der Waals surface area contributed by atoms with Gasteiger partial charge in [-0.15, -0.1) is 12.4 Å². The first kappa shape index (κ1) is 18.3. The van der Waals surface area contributed by atoms with Gasteiger partial charge in [-0.05, 0) is 61.1 Å². The highest BCUT2D eigenvalue weighted by Gasteiger charge is 2.19. The smallest absolute Gasteiger partial charge is 0.321 e. The van der Waals surface area contributed by atoms with Crippen LogP contribution in [0, 0.1) is 0 Å². The Balaban J connectivity index is 0.00000196. The number of aromatic nitrogens is 2. The summed E-state index contributed by atoms with van der Waals surface area (Å²) in [5.41, 5.74) is 4.79. The number of nitrogens with one attached hydrogen (secondary N) is 1. The van der Waals surface area contributed by atoms with E-state index in [0.29, 0.717) is 5.69 Å². The van der Waals surface area contributed by atoms with E-state index in [1.165, 1.54) is 22.1 Å². The third kappa shape index (κ3) is 2.72. The minimum atomic E-state index is -0.515. The summed E-state index contributed by atoms with van der Waals surface area (Å²) in [6.07, 6.45) is 4.29. The first-order valence-corrected chi connectivity index (χ1v) is 8.66. The lowest BCUT2D eigenvalue weighted by molar-refractivity contribution is 0.683. The molecule has 26 heavy (non-hydrogen) atoms. The molecule has 0 aliphatic heterocycles. The number of aryl methyl sites for hydroxylation is 3. The van der Waals surface area contributed by atoms with Crippen molar-refractivity contribution < 1.29 is 0 Å². The van der Waals surface area contributed by atoms with Crippen molar-refractivity contribution in [2.45, 2.75) is 25.7 Å². The second kappa shape index (κ2) is 7.00. The zero-order valence-corrected chi connectivity index (χ0v) is 15.7. The van der Waals surface area contributed by atoms with Crippen molar-refractivity contribution in [3.05, 3.63) is 68.2 Å². The fourth-order valence-electron chi connectivity index (χ4n) is 3.86. The van der Waals surface area contributed by atoms with Gasteiger partial charge in [-0.3, -0.25) is 14.2 Å². The molecule has 136 valence electrons. The molecule has 0 bridgehead atoms. The zero-order valence-electron chi connectivity index (χ0n) is 14.9. The average molecular weight is 372 g/mol. The number of hydrogen-bond acceptors (Lipinski definition) is 3. The summed E-state index contributed by atoms with van der Waals surface area (Å²) in [4.78, 5) is 25.4. The molecule has 2 aromatic carbocycles. The monoisotopic (exact) mass is 371 g/mol. The molecule has 0 atom stereocenters. The Morgan fingerprint density at radius 3 is 2.54 bits per heavy atom. The average Bonchev–Trinajstić information content (AvgIpc) is 2.66. The molecule has 3 aromatic rings. The Bertz CT molecular complexity index is 1100. The summed E-state index contributed by atoms with van der Waals surface area (Å²) in [5.74, 6) is 0. The molecular formula is C20H22ClN3O2. The van der Waals surface area contributed by atoms with Crippen LogP contribution in [-0.2, 0) is 19.9 Å². The quantitative estimate of drug-likeness (QED) is 0.704. The topological polar surface area (TPSA) is 56.0 Å². The van der Waals surface area contributed by atoms with Crippen molar-refractivity contribution in [3.63, 3.8) is 0 Å². The van der Waals surface area contributed by atoms with Gasteiger partial charge >= 0.3 is 11.1 Å². The van der Waals surface area contributed by atoms with Crippen LogP contribution in [0.2, 0.25) is 0 Å². The molecule has 0 unspecified atom stereocenters. The molecular weight excluding hydrogens is 350 g/mol.